The predicted molar refractivity (Wildman–Crippen MR) is 78.1 cm³/mol. The van der Waals surface area contributed by atoms with Crippen LogP contribution in [0.1, 0.15) is 17.2 Å². The largest absolute Gasteiger partial charge is 0.496 e. The Morgan fingerprint density at radius 2 is 2.00 bits per heavy atom. The van der Waals surface area contributed by atoms with Crippen LogP contribution < -0.4 is 10.5 Å². The lowest BCUT2D eigenvalue weighted by Gasteiger charge is -2.15. The molecular formula is C14H12BrClFNO. The first-order chi connectivity index (χ1) is 9.02. The van der Waals surface area contributed by atoms with E-state index in [1.807, 2.05) is 18.2 Å². The summed E-state index contributed by atoms with van der Waals surface area (Å²) in [7, 11) is 1.59. The lowest BCUT2D eigenvalue weighted by molar-refractivity contribution is 0.412. The van der Waals surface area contributed by atoms with Crippen molar-refractivity contribution in [3.63, 3.8) is 0 Å². The summed E-state index contributed by atoms with van der Waals surface area (Å²) in [5.74, 6) is 0.345. The molecule has 0 fully saturated rings. The highest BCUT2D eigenvalue weighted by Gasteiger charge is 2.14. The third kappa shape index (κ3) is 3.08. The third-order valence-corrected chi connectivity index (χ3v) is 3.78. The molecule has 0 aliphatic heterocycles. The van der Waals surface area contributed by atoms with Crippen LogP contribution in [0.5, 0.6) is 5.75 Å². The molecule has 0 spiro atoms. The van der Waals surface area contributed by atoms with Gasteiger partial charge in [0.25, 0.3) is 0 Å². The van der Waals surface area contributed by atoms with Crippen LogP contribution in [0, 0.1) is 5.82 Å². The average molecular weight is 345 g/mol. The van der Waals surface area contributed by atoms with Crippen molar-refractivity contribution in [2.75, 3.05) is 7.11 Å². The normalized spacial score (nSPS) is 12.3. The van der Waals surface area contributed by atoms with E-state index in [-0.39, 0.29) is 5.82 Å². The van der Waals surface area contributed by atoms with Crippen molar-refractivity contribution >= 4 is 27.5 Å². The minimum Gasteiger partial charge on any atom is -0.496 e. The van der Waals surface area contributed by atoms with Crippen molar-refractivity contribution in [3.05, 3.63) is 62.8 Å². The van der Waals surface area contributed by atoms with E-state index in [0.717, 1.165) is 15.8 Å². The van der Waals surface area contributed by atoms with E-state index in [1.165, 1.54) is 12.1 Å². The van der Waals surface area contributed by atoms with E-state index in [0.29, 0.717) is 10.6 Å². The Bertz CT molecular complexity index is 606. The lowest BCUT2D eigenvalue weighted by atomic mass is 9.99. The van der Waals surface area contributed by atoms with Gasteiger partial charge in [-0.2, -0.15) is 0 Å². The zero-order valence-corrected chi connectivity index (χ0v) is 12.5. The van der Waals surface area contributed by atoms with Crippen molar-refractivity contribution < 1.29 is 9.13 Å². The monoisotopic (exact) mass is 343 g/mol. The average Bonchev–Trinajstić information content (AvgIpc) is 2.38. The van der Waals surface area contributed by atoms with Crippen LogP contribution in [0.3, 0.4) is 0 Å². The number of halogens is 3. The molecule has 0 heterocycles. The number of hydrogen-bond acceptors (Lipinski definition) is 2. The van der Waals surface area contributed by atoms with Gasteiger partial charge in [0.1, 0.15) is 11.6 Å². The topological polar surface area (TPSA) is 35.2 Å². The first-order valence-corrected chi connectivity index (χ1v) is 6.74. The molecule has 0 radical (unpaired) electrons. The molecule has 5 heteroatoms. The molecule has 1 unspecified atom stereocenters. The third-order valence-electron chi connectivity index (χ3n) is 2.83. The van der Waals surface area contributed by atoms with Gasteiger partial charge >= 0.3 is 0 Å². The molecule has 19 heavy (non-hydrogen) atoms. The van der Waals surface area contributed by atoms with Crippen LogP contribution in [-0.4, -0.2) is 7.11 Å². The number of hydrogen-bond donors (Lipinski definition) is 1. The fourth-order valence-corrected chi connectivity index (χ4v) is 2.65. The van der Waals surface area contributed by atoms with Crippen LogP contribution in [0.15, 0.2) is 40.9 Å². The van der Waals surface area contributed by atoms with Crippen molar-refractivity contribution in [3.8, 4) is 5.75 Å². The van der Waals surface area contributed by atoms with Gasteiger partial charge in [0, 0.05) is 5.02 Å². The Morgan fingerprint density at radius 1 is 1.26 bits per heavy atom. The number of rotatable bonds is 3. The van der Waals surface area contributed by atoms with E-state index in [2.05, 4.69) is 15.9 Å². The zero-order valence-electron chi connectivity index (χ0n) is 10.2. The summed E-state index contributed by atoms with van der Waals surface area (Å²) in [5, 5.41) is 0.319. The van der Waals surface area contributed by atoms with Gasteiger partial charge in [-0.25, -0.2) is 4.39 Å². The summed E-state index contributed by atoms with van der Waals surface area (Å²) in [6.45, 7) is 0. The summed E-state index contributed by atoms with van der Waals surface area (Å²) >= 11 is 9.42. The zero-order chi connectivity index (χ0) is 14.0. The fourth-order valence-electron chi connectivity index (χ4n) is 1.81. The van der Waals surface area contributed by atoms with E-state index >= 15 is 0 Å². The van der Waals surface area contributed by atoms with Gasteiger partial charge in [-0.1, -0.05) is 23.7 Å². The Labute approximate surface area is 124 Å². The van der Waals surface area contributed by atoms with E-state index < -0.39 is 6.04 Å². The molecule has 2 N–H and O–H groups in total. The van der Waals surface area contributed by atoms with Crippen molar-refractivity contribution in [1.29, 1.82) is 0 Å². The highest BCUT2D eigenvalue weighted by Crippen LogP contribution is 2.32. The maximum absolute atomic E-state index is 13.0. The minimum atomic E-state index is -0.421. The quantitative estimate of drug-likeness (QED) is 0.901. The Hall–Kier alpha value is -1.10. The Balaban J connectivity index is 2.38. The molecule has 0 aliphatic carbocycles. The molecule has 0 saturated carbocycles. The van der Waals surface area contributed by atoms with Crippen molar-refractivity contribution in [2.24, 2.45) is 5.73 Å². The molecular weight excluding hydrogens is 333 g/mol. The van der Waals surface area contributed by atoms with E-state index in [1.54, 1.807) is 13.2 Å². The smallest absolute Gasteiger partial charge is 0.133 e. The molecule has 0 bridgehead atoms. The number of nitrogens with two attached hydrogens (primary N) is 1. The van der Waals surface area contributed by atoms with Crippen LogP contribution in [0.25, 0.3) is 0 Å². The maximum atomic E-state index is 13.0. The highest BCUT2D eigenvalue weighted by atomic mass is 79.9. The number of ether oxygens (including phenoxy) is 1. The molecule has 1 atom stereocenters. The summed E-state index contributed by atoms with van der Waals surface area (Å²) in [4.78, 5) is 0. The summed E-state index contributed by atoms with van der Waals surface area (Å²) < 4.78 is 19.0. The second kappa shape index (κ2) is 5.90. The number of methoxy groups -OCH3 is 1. The van der Waals surface area contributed by atoms with E-state index in [4.69, 9.17) is 22.1 Å². The molecule has 0 saturated heterocycles. The molecule has 2 aromatic rings. The van der Waals surface area contributed by atoms with Gasteiger partial charge in [0.05, 0.1) is 17.6 Å². The molecule has 0 amide bonds. The standard InChI is InChI=1S/C14H12BrClFNO/c1-19-13-5-2-8(6-11(13)15)14(18)10-4-3-9(17)7-12(10)16/h2-7,14H,18H2,1H3. The molecule has 0 aliphatic rings. The lowest BCUT2D eigenvalue weighted by Crippen LogP contribution is -2.12. The van der Waals surface area contributed by atoms with Crippen LogP contribution in [-0.2, 0) is 0 Å². The minimum absolute atomic E-state index is 0.319. The van der Waals surface area contributed by atoms with Crippen LogP contribution >= 0.6 is 27.5 Å². The first-order valence-electron chi connectivity index (χ1n) is 5.57. The highest BCUT2D eigenvalue weighted by molar-refractivity contribution is 9.10. The predicted octanol–water partition coefficient (Wildman–Crippen LogP) is 4.30. The Morgan fingerprint density at radius 3 is 2.58 bits per heavy atom. The van der Waals surface area contributed by atoms with Gasteiger partial charge in [-0.3, -0.25) is 0 Å². The second-order valence-electron chi connectivity index (χ2n) is 4.04. The van der Waals surface area contributed by atoms with Gasteiger partial charge in [-0.15, -0.1) is 0 Å². The van der Waals surface area contributed by atoms with Crippen molar-refractivity contribution in [2.45, 2.75) is 6.04 Å². The van der Waals surface area contributed by atoms with E-state index in [9.17, 15) is 4.39 Å². The van der Waals surface area contributed by atoms with Gasteiger partial charge in [0.15, 0.2) is 0 Å². The molecule has 2 rings (SSSR count). The summed E-state index contributed by atoms with van der Waals surface area (Å²) in [6, 6.07) is 9.32. The molecule has 2 aromatic carbocycles. The second-order valence-corrected chi connectivity index (χ2v) is 5.30. The maximum Gasteiger partial charge on any atom is 0.133 e. The van der Waals surface area contributed by atoms with Crippen molar-refractivity contribution in [1.82, 2.24) is 0 Å². The fraction of sp³-hybridized carbons (Fsp3) is 0.143. The Kier molecular flexibility index (Phi) is 4.45. The van der Waals surface area contributed by atoms with Crippen LogP contribution in [0.4, 0.5) is 4.39 Å². The molecule has 0 aromatic heterocycles. The molecule has 100 valence electrons. The summed E-state index contributed by atoms with van der Waals surface area (Å²) in [5.41, 5.74) is 7.70. The SMILES string of the molecule is COc1ccc(C(N)c2ccc(F)cc2Cl)cc1Br. The van der Waals surface area contributed by atoms with Crippen LogP contribution in [0.2, 0.25) is 5.02 Å². The number of benzene rings is 2. The first kappa shape index (κ1) is 14.3. The van der Waals surface area contributed by atoms with Gasteiger partial charge in [0.2, 0.25) is 0 Å². The molecule has 2 nitrogen and oxygen atoms in total. The van der Waals surface area contributed by atoms with Gasteiger partial charge < -0.3 is 10.5 Å². The van der Waals surface area contributed by atoms with Gasteiger partial charge in [-0.05, 0) is 51.3 Å². The summed E-state index contributed by atoms with van der Waals surface area (Å²) in [6.07, 6.45) is 0.